The van der Waals surface area contributed by atoms with Gasteiger partial charge in [-0.2, -0.15) is 0 Å². The lowest BCUT2D eigenvalue weighted by atomic mass is 10.1. The van der Waals surface area contributed by atoms with E-state index in [1.165, 1.54) is 0 Å². The van der Waals surface area contributed by atoms with Gasteiger partial charge in [-0.3, -0.25) is 4.79 Å². The van der Waals surface area contributed by atoms with Crippen molar-refractivity contribution in [3.05, 3.63) is 30.2 Å². The molecule has 0 radical (unpaired) electrons. The molecule has 6 heteroatoms. The van der Waals surface area contributed by atoms with Gasteiger partial charge in [0.05, 0.1) is 12.9 Å². The van der Waals surface area contributed by atoms with Crippen molar-refractivity contribution in [3.63, 3.8) is 0 Å². The molecule has 112 valence electrons. The number of carbonyl (C=O) groups excluding carboxylic acids is 1. The first-order chi connectivity index (χ1) is 10.3. The van der Waals surface area contributed by atoms with Crippen LogP contribution in [0, 0.1) is 5.92 Å². The smallest absolute Gasteiger partial charge is 0.276 e. The van der Waals surface area contributed by atoms with Crippen LogP contribution in [0.5, 0.6) is 0 Å². The molecule has 1 aliphatic rings. The van der Waals surface area contributed by atoms with Crippen molar-refractivity contribution < 1.29 is 18.5 Å². The molecule has 2 aromatic rings. The van der Waals surface area contributed by atoms with Crippen molar-refractivity contribution >= 4 is 5.91 Å². The lowest BCUT2D eigenvalue weighted by Gasteiger charge is -2.22. The lowest BCUT2D eigenvalue weighted by molar-refractivity contribution is 0.0720. The third-order valence-electron chi connectivity index (χ3n) is 3.66. The van der Waals surface area contributed by atoms with Crippen LogP contribution < -0.4 is 0 Å². The molecule has 1 atom stereocenters. The number of aromatic nitrogens is 1. The SMILES string of the molecule is CCN(CC1CCOC1)C(=O)c1cc(-c2ccco2)on1. The molecule has 0 N–H and O–H groups in total. The van der Waals surface area contributed by atoms with Crippen molar-refractivity contribution in [3.8, 4) is 11.5 Å². The maximum Gasteiger partial charge on any atom is 0.276 e. The molecule has 0 aromatic carbocycles. The highest BCUT2D eigenvalue weighted by atomic mass is 16.5. The molecule has 1 unspecified atom stereocenters. The highest BCUT2D eigenvalue weighted by Crippen LogP contribution is 2.22. The van der Waals surface area contributed by atoms with Crippen LogP contribution in [0.2, 0.25) is 0 Å². The molecular formula is C15H18N2O4. The lowest BCUT2D eigenvalue weighted by Crippen LogP contribution is -2.35. The molecule has 1 amide bonds. The molecule has 1 aliphatic heterocycles. The minimum absolute atomic E-state index is 0.119. The standard InChI is InChI=1S/C15H18N2O4/c1-2-17(9-11-5-7-19-10-11)15(18)12-8-14(21-16-12)13-4-3-6-20-13/h3-4,6,8,11H,2,5,7,9-10H2,1H3. The minimum atomic E-state index is -0.119. The number of carbonyl (C=O) groups is 1. The molecule has 0 spiro atoms. The summed E-state index contributed by atoms with van der Waals surface area (Å²) >= 11 is 0. The number of nitrogens with zero attached hydrogens (tertiary/aromatic N) is 2. The van der Waals surface area contributed by atoms with Gasteiger partial charge in [-0.15, -0.1) is 0 Å². The Morgan fingerprint density at radius 2 is 2.38 bits per heavy atom. The second-order valence-electron chi connectivity index (χ2n) is 5.13. The molecule has 0 saturated carbocycles. The summed E-state index contributed by atoms with van der Waals surface area (Å²) in [5.41, 5.74) is 0.308. The first-order valence-corrected chi connectivity index (χ1v) is 7.15. The Balaban J connectivity index is 1.70. The van der Waals surface area contributed by atoms with E-state index in [2.05, 4.69) is 5.16 Å². The van der Waals surface area contributed by atoms with Crippen LogP contribution in [0.3, 0.4) is 0 Å². The van der Waals surface area contributed by atoms with Crippen molar-refractivity contribution in [2.24, 2.45) is 5.92 Å². The Morgan fingerprint density at radius 1 is 1.48 bits per heavy atom. The number of ether oxygens (including phenoxy) is 1. The summed E-state index contributed by atoms with van der Waals surface area (Å²) in [6.45, 7) is 4.79. The zero-order valence-corrected chi connectivity index (χ0v) is 11.9. The average Bonchev–Trinajstić information content (AvgIpc) is 3.25. The van der Waals surface area contributed by atoms with Crippen molar-refractivity contribution in [1.29, 1.82) is 0 Å². The van der Waals surface area contributed by atoms with E-state index in [1.54, 1.807) is 29.4 Å². The van der Waals surface area contributed by atoms with Crippen LogP contribution >= 0.6 is 0 Å². The first kappa shape index (κ1) is 13.9. The minimum Gasteiger partial charge on any atom is -0.461 e. The average molecular weight is 290 g/mol. The molecule has 1 fully saturated rings. The Bertz CT molecular complexity index is 585. The van der Waals surface area contributed by atoms with Gasteiger partial charge in [-0.25, -0.2) is 0 Å². The Kier molecular flexibility index (Phi) is 4.06. The van der Waals surface area contributed by atoms with Gasteiger partial charge in [-0.1, -0.05) is 5.16 Å². The zero-order valence-electron chi connectivity index (χ0n) is 11.9. The van der Waals surface area contributed by atoms with Crippen LogP contribution in [0.15, 0.2) is 33.4 Å². The number of hydrogen-bond donors (Lipinski definition) is 0. The molecule has 0 bridgehead atoms. The molecule has 2 aromatic heterocycles. The van der Waals surface area contributed by atoms with Gasteiger partial charge in [0.25, 0.3) is 5.91 Å². The van der Waals surface area contributed by atoms with E-state index in [-0.39, 0.29) is 5.91 Å². The van der Waals surface area contributed by atoms with Crippen molar-refractivity contribution in [1.82, 2.24) is 10.1 Å². The summed E-state index contributed by atoms with van der Waals surface area (Å²) in [5, 5.41) is 3.86. The normalized spacial score (nSPS) is 18.0. The fourth-order valence-corrected chi connectivity index (χ4v) is 2.47. The zero-order chi connectivity index (χ0) is 14.7. The highest BCUT2D eigenvalue weighted by Gasteiger charge is 2.24. The summed E-state index contributed by atoms with van der Waals surface area (Å²) in [6, 6.07) is 5.15. The van der Waals surface area contributed by atoms with Crippen molar-refractivity contribution in [2.45, 2.75) is 13.3 Å². The maximum atomic E-state index is 12.5. The van der Waals surface area contributed by atoms with E-state index in [1.807, 2.05) is 6.92 Å². The molecule has 6 nitrogen and oxygen atoms in total. The Morgan fingerprint density at radius 3 is 3.05 bits per heavy atom. The van der Waals surface area contributed by atoms with Crippen LogP contribution in [-0.2, 0) is 4.74 Å². The number of hydrogen-bond acceptors (Lipinski definition) is 5. The first-order valence-electron chi connectivity index (χ1n) is 7.15. The summed E-state index contributed by atoms with van der Waals surface area (Å²) in [6.07, 6.45) is 2.55. The summed E-state index contributed by atoms with van der Waals surface area (Å²) in [5.74, 6) is 1.31. The fraction of sp³-hybridized carbons (Fsp3) is 0.467. The second kappa shape index (κ2) is 6.13. The molecule has 21 heavy (non-hydrogen) atoms. The van der Waals surface area contributed by atoms with E-state index in [0.29, 0.717) is 36.2 Å². The van der Waals surface area contributed by atoms with Gasteiger partial charge in [0.15, 0.2) is 11.5 Å². The Labute approximate surface area is 122 Å². The van der Waals surface area contributed by atoms with Gasteiger partial charge in [0.2, 0.25) is 5.76 Å². The van der Waals surface area contributed by atoms with Gasteiger partial charge >= 0.3 is 0 Å². The van der Waals surface area contributed by atoms with Crippen LogP contribution in [0.4, 0.5) is 0 Å². The van der Waals surface area contributed by atoms with E-state index < -0.39 is 0 Å². The number of amides is 1. The van der Waals surface area contributed by atoms with E-state index in [9.17, 15) is 4.79 Å². The van der Waals surface area contributed by atoms with Gasteiger partial charge in [0.1, 0.15) is 0 Å². The number of furan rings is 1. The largest absolute Gasteiger partial charge is 0.461 e. The topological polar surface area (TPSA) is 68.7 Å². The van der Waals surface area contributed by atoms with E-state index in [4.69, 9.17) is 13.7 Å². The highest BCUT2D eigenvalue weighted by molar-refractivity contribution is 5.93. The van der Waals surface area contributed by atoms with E-state index in [0.717, 1.165) is 19.6 Å². The summed E-state index contributed by atoms with van der Waals surface area (Å²) in [7, 11) is 0. The Hall–Kier alpha value is -2.08. The molecule has 1 saturated heterocycles. The third kappa shape index (κ3) is 3.00. The predicted molar refractivity (Wildman–Crippen MR) is 74.7 cm³/mol. The van der Waals surface area contributed by atoms with Gasteiger partial charge < -0.3 is 18.6 Å². The van der Waals surface area contributed by atoms with Gasteiger partial charge in [-0.05, 0) is 25.5 Å². The monoisotopic (exact) mass is 290 g/mol. The van der Waals surface area contributed by atoms with E-state index >= 15 is 0 Å². The molecule has 3 rings (SSSR count). The fourth-order valence-electron chi connectivity index (χ4n) is 2.47. The molecular weight excluding hydrogens is 272 g/mol. The van der Waals surface area contributed by atoms with Crippen LogP contribution in [-0.4, -0.2) is 42.3 Å². The third-order valence-corrected chi connectivity index (χ3v) is 3.66. The van der Waals surface area contributed by atoms with Crippen LogP contribution in [0.1, 0.15) is 23.8 Å². The van der Waals surface area contributed by atoms with Gasteiger partial charge in [0, 0.05) is 31.7 Å². The summed E-state index contributed by atoms with van der Waals surface area (Å²) in [4.78, 5) is 14.3. The number of rotatable bonds is 5. The predicted octanol–water partition coefficient (Wildman–Crippen LogP) is 2.43. The van der Waals surface area contributed by atoms with Crippen LogP contribution in [0.25, 0.3) is 11.5 Å². The van der Waals surface area contributed by atoms with Crippen molar-refractivity contribution in [2.75, 3.05) is 26.3 Å². The quantitative estimate of drug-likeness (QED) is 0.846. The maximum absolute atomic E-state index is 12.5. The molecule has 0 aliphatic carbocycles. The second-order valence-corrected chi connectivity index (χ2v) is 5.13. The molecule has 3 heterocycles. The summed E-state index contributed by atoms with van der Waals surface area (Å²) < 4.78 is 15.8.